The highest BCUT2D eigenvalue weighted by molar-refractivity contribution is 5.94. The van der Waals surface area contributed by atoms with Crippen LogP contribution < -0.4 is 5.32 Å². The number of amides is 1. The molecule has 1 amide bonds. The van der Waals surface area contributed by atoms with Crippen LogP contribution in [0.4, 0.5) is 5.69 Å². The van der Waals surface area contributed by atoms with E-state index in [0.29, 0.717) is 6.42 Å². The molecule has 0 aliphatic carbocycles. The lowest BCUT2D eigenvalue weighted by Crippen LogP contribution is -2.17. The standard InChI is InChI=1S/C26H27N3O/c1-26(2,3)21-8-6-18(7-9-21)23(20-5-4-13-27-17-20)16-25(30)29-22-10-11-24-19(15-22)12-14-28-24/h4-15,17,23,28H,16H2,1-3H3,(H,29,30). The molecule has 4 nitrogen and oxygen atoms in total. The van der Waals surface area contributed by atoms with Gasteiger partial charge in [-0.05, 0) is 52.4 Å². The Morgan fingerprint density at radius 3 is 2.53 bits per heavy atom. The van der Waals surface area contributed by atoms with Gasteiger partial charge in [-0.3, -0.25) is 9.78 Å². The molecule has 4 heteroatoms. The lowest BCUT2D eigenvalue weighted by atomic mass is 9.83. The van der Waals surface area contributed by atoms with Gasteiger partial charge in [-0.25, -0.2) is 0 Å². The van der Waals surface area contributed by atoms with Crippen LogP contribution in [0.5, 0.6) is 0 Å². The van der Waals surface area contributed by atoms with E-state index in [9.17, 15) is 4.79 Å². The molecule has 2 N–H and O–H groups in total. The van der Waals surface area contributed by atoms with Crippen molar-refractivity contribution in [2.45, 2.75) is 38.5 Å². The second-order valence-electron chi connectivity index (χ2n) is 8.74. The summed E-state index contributed by atoms with van der Waals surface area (Å²) in [6.07, 6.45) is 5.86. The molecule has 152 valence electrons. The van der Waals surface area contributed by atoms with Gasteiger partial charge >= 0.3 is 0 Å². The van der Waals surface area contributed by atoms with Crippen LogP contribution in [0.15, 0.2) is 79.3 Å². The third-order valence-electron chi connectivity index (χ3n) is 5.49. The van der Waals surface area contributed by atoms with Crippen molar-refractivity contribution in [2.75, 3.05) is 5.32 Å². The van der Waals surface area contributed by atoms with Crippen molar-refractivity contribution in [3.63, 3.8) is 0 Å². The SMILES string of the molecule is CC(C)(C)c1ccc(C(CC(=O)Nc2ccc3[nH]ccc3c2)c2cccnc2)cc1. The Labute approximate surface area is 177 Å². The highest BCUT2D eigenvalue weighted by atomic mass is 16.1. The Bertz CT molecular complexity index is 1140. The number of H-pyrrole nitrogens is 1. The van der Waals surface area contributed by atoms with Crippen LogP contribution >= 0.6 is 0 Å². The molecule has 0 aliphatic rings. The number of aromatic nitrogens is 2. The maximum absolute atomic E-state index is 12.9. The molecule has 0 fully saturated rings. The molecular weight excluding hydrogens is 370 g/mol. The summed E-state index contributed by atoms with van der Waals surface area (Å²) in [5, 5.41) is 4.13. The number of carbonyl (C=O) groups excluding carboxylic acids is 1. The summed E-state index contributed by atoms with van der Waals surface area (Å²) in [5.41, 5.74) is 5.39. The number of hydrogen-bond donors (Lipinski definition) is 2. The normalized spacial score (nSPS) is 12.6. The van der Waals surface area contributed by atoms with Crippen LogP contribution in [0.2, 0.25) is 0 Å². The summed E-state index contributed by atoms with van der Waals surface area (Å²) in [6, 6.07) is 20.4. The summed E-state index contributed by atoms with van der Waals surface area (Å²) < 4.78 is 0. The minimum atomic E-state index is -0.0521. The van der Waals surface area contributed by atoms with E-state index in [1.165, 1.54) is 5.56 Å². The van der Waals surface area contributed by atoms with Gasteiger partial charge in [0, 0.05) is 47.5 Å². The fraction of sp³-hybridized carbons (Fsp3) is 0.231. The largest absolute Gasteiger partial charge is 0.361 e. The zero-order chi connectivity index (χ0) is 21.1. The number of benzene rings is 2. The summed E-state index contributed by atoms with van der Waals surface area (Å²) in [4.78, 5) is 20.4. The summed E-state index contributed by atoms with van der Waals surface area (Å²) >= 11 is 0. The van der Waals surface area contributed by atoms with Crippen molar-refractivity contribution >= 4 is 22.5 Å². The molecule has 0 saturated heterocycles. The number of carbonyl (C=O) groups is 1. The van der Waals surface area contributed by atoms with Gasteiger partial charge in [0.2, 0.25) is 5.91 Å². The first kappa shape index (κ1) is 19.9. The van der Waals surface area contributed by atoms with Crippen molar-refractivity contribution in [1.82, 2.24) is 9.97 Å². The van der Waals surface area contributed by atoms with Crippen molar-refractivity contribution < 1.29 is 4.79 Å². The number of anilines is 1. The first-order chi connectivity index (χ1) is 14.4. The number of nitrogens with zero attached hydrogens (tertiary/aromatic N) is 1. The van der Waals surface area contributed by atoms with Crippen LogP contribution in [0.3, 0.4) is 0 Å². The van der Waals surface area contributed by atoms with Crippen LogP contribution in [-0.4, -0.2) is 15.9 Å². The van der Waals surface area contributed by atoms with Gasteiger partial charge in [-0.15, -0.1) is 0 Å². The van der Waals surface area contributed by atoms with Crippen molar-refractivity contribution in [2.24, 2.45) is 0 Å². The Hall–Kier alpha value is -3.40. The number of aromatic amines is 1. The highest BCUT2D eigenvalue weighted by Crippen LogP contribution is 2.31. The molecule has 2 aromatic heterocycles. The molecular formula is C26H27N3O. The Balaban J connectivity index is 1.57. The molecule has 4 aromatic rings. The van der Waals surface area contributed by atoms with Gasteiger partial charge in [0.25, 0.3) is 0 Å². The zero-order valence-corrected chi connectivity index (χ0v) is 17.6. The predicted molar refractivity (Wildman–Crippen MR) is 123 cm³/mol. The van der Waals surface area contributed by atoms with Gasteiger partial charge in [-0.1, -0.05) is 51.1 Å². The first-order valence-electron chi connectivity index (χ1n) is 10.3. The number of nitrogens with one attached hydrogen (secondary N) is 2. The van der Waals surface area contributed by atoms with Gasteiger partial charge in [0.05, 0.1) is 0 Å². The van der Waals surface area contributed by atoms with E-state index in [1.807, 2.05) is 48.8 Å². The van der Waals surface area contributed by atoms with Crippen LogP contribution in [0.1, 0.15) is 49.8 Å². The van der Waals surface area contributed by atoms with Gasteiger partial charge in [-0.2, -0.15) is 0 Å². The summed E-state index contributed by atoms with van der Waals surface area (Å²) in [7, 11) is 0. The number of pyridine rings is 1. The molecule has 30 heavy (non-hydrogen) atoms. The maximum atomic E-state index is 12.9. The van der Waals surface area contributed by atoms with E-state index in [2.05, 4.69) is 60.3 Å². The lowest BCUT2D eigenvalue weighted by molar-refractivity contribution is -0.116. The lowest BCUT2D eigenvalue weighted by Gasteiger charge is -2.22. The minimum Gasteiger partial charge on any atom is -0.361 e. The van der Waals surface area contributed by atoms with Crippen LogP contribution in [0.25, 0.3) is 10.9 Å². The molecule has 0 spiro atoms. The second-order valence-corrected chi connectivity index (χ2v) is 8.74. The quantitative estimate of drug-likeness (QED) is 0.432. The maximum Gasteiger partial charge on any atom is 0.225 e. The Kier molecular flexibility index (Phi) is 5.40. The third-order valence-corrected chi connectivity index (χ3v) is 5.49. The van der Waals surface area contributed by atoms with E-state index in [-0.39, 0.29) is 17.2 Å². The average Bonchev–Trinajstić information content (AvgIpc) is 3.20. The predicted octanol–water partition coefficient (Wildman–Crippen LogP) is 6.02. The molecule has 1 atom stereocenters. The molecule has 0 saturated carbocycles. The van der Waals surface area contributed by atoms with E-state index >= 15 is 0 Å². The molecule has 1 unspecified atom stereocenters. The van der Waals surface area contributed by atoms with Gasteiger partial charge in [0.15, 0.2) is 0 Å². The van der Waals surface area contributed by atoms with Crippen LogP contribution in [-0.2, 0) is 10.2 Å². The molecule has 2 heterocycles. The zero-order valence-electron chi connectivity index (χ0n) is 17.6. The fourth-order valence-corrected chi connectivity index (χ4v) is 3.75. The molecule has 0 bridgehead atoms. The fourth-order valence-electron chi connectivity index (χ4n) is 3.75. The monoisotopic (exact) mass is 397 g/mol. The van der Waals surface area contributed by atoms with E-state index in [0.717, 1.165) is 27.7 Å². The Morgan fingerprint density at radius 2 is 1.83 bits per heavy atom. The third kappa shape index (κ3) is 4.43. The minimum absolute atomic E-state index is 0.0152. The van der Waals surface area contributed by atoms with Gasteiger partial charge in [0.1, 0.15) is 0 Å². The number of fused-ring (bicyclic) bond motifs is 1. The van der Waals surface area contributed by atoms with E-state index in [1.54, 1.807) is 6.20 Å². The van der Waals surface area contributed by atoms with E-state index < -0.39 is 0 Å². The Morgan fingerprint density at radius 1 is 1.03 bits per heavy atom. The summed E-state index contributed by atoms with van der Waals surface area (Å²) in [6.45, 7) is 6.61. The van der Waals surface area contributed by atoms with Crippen molar-refractivity contribution in [3.8, 4) is 0 Å². The molecule has 0 radical (unpaired) electrons. The smallest absolute Gasteiger partial charge is 0.225 e. The van der Waals surface area contributed by atoms with Crippen molar-refractivity contribution in [1.29, 1.82) is 0 Å². The topological polar surface area (TPSA) is 57.8 Å². The first-order valence-corrected chi connectivity index (χ1v) is 10.3. The second kappa shape index (κ2) is 8.15. The molecule has 0 aliphatic heterocycles. The van der Waals surface area contributed by atoms with E-state index in [4.69, 9.17) is 0 Å². The highest BCUT2D eigenvalue weighted by Gasteiger charge is 2.20. The molecule has 4 rings (SSSR count). The van der Waals surface area contributed by atoms with Crippen molar-refractivity contribution in [3.05, 3.63) is 95.9 Å². The average molecular weight is 398 g/mol. The van der Waals surface area contributed by atoms with Crippen LogP contribution in [0, 0.1) is 0 Å². The number of rotatable bonds is 5. The molecule has 2 aromatic carbocycles. The number of hydrogen-bond acceptors (Lipinski definition) is 2. The summed E-state index contributed by atoms with van der Waals surface area (Å²) in [5.74, 6) is -0.0673. The van der Waals surface area contributed by atoms with Gasteiger partial charge < -0.3 is 10.3 Å².